The highest BCUT2D eigenvalue weighted by Gasteiger charge is 2.24. The van der Waals surface area contributed by atoms with E-state index in [-0.39, 0.29) is 0 Å². The number of hydrogen-bond acceptors (Lipinski definition) is 5. The summed E-state index contributed by atoms with van der Waals surface area (Å²) in [5, 5.41) is 0. The van der Waals surface area contributed by atoms with Crippen molar-refractivity contribution in [2.75, 3.05) is 6.61 Å². The Hall–Kier alpha value is -1.26. The summed E-state index contributed by atoms with van der Waals surface area (Å²) in [5.74, 6) is -0.000857. The summed E-state index contributed by atoms with van der Waals surface area (Å²) in [4.78, 5) is 21.4. The molecule has 1 aliphatic rings. The molecule has 0 radical (unpaired) electrons. The molecule has 0 aromatic carbocycles. The van der Waals surface area contributed by atoms with Crippen molar-refractivity contribution in [3.63, 3.8) is 0 Å². The molecule has 1 aliphatic carbocycles. The van der Waals surface area contributed by atoms with E-state index >= 15 is 0 Å². The molecule has 0 N–H and O–H groups in total. The van der Waals surface area contributed by atoms with Gasteiger partial charge in [0.15, 0.2) is 0 Å². The molecule has 0 heterocycles. The van der Waals surface area contributed by atoms with Crippen LogP contribution in [0, 0.1) is 5.92 Å². The Labute approximate surface area is 82.3 Å². The van der Waals surface area contributed by atoms with E-state index in [4.69, 9.17) is 4.74 Å². The molecule has 0 saturated heterocycles. The maximum Gasteiger partial charge on any atom is 0.511 e. The molecule has 0 unspecified atom stereocenters. The van der Waals surface area contributed by atoms with Gasteiger partial charge in [0.05, 0.1) is 6.61 Å². The zero-order valence-electron chi connectivity index (χ0n) is 8.32. The summed E-state index contributed by atoms with van der Waals surface area (Å²) in [5.41, 5.74) is 0. The minimum atomic E-state index is -0.890. The summed E-state index contributed by atoms with van der Waals surface area (Å²) >= 11 is 0. The van der Waals surface area contributed by atoms with Crippen LogP contribution in [-0.4, -0.2) is 25.0 Å². The van der Waals surface area contributed by atoms with Gasteiger partial charge < -0.3 is 14.2 Å². The van der Waals surface area contributed by atoms with Crippen molar-refractivity contribution in [1.29, 1.82) is 0 Å². The molecule has 5 heteroatoms. The Morgan fingerprint density at radius 2 is 2.00 bits per heavy atom. The fourth-order valence-corrected chi connectivity index (χ4v) is 0.898. The zero-order valence-corrected chi connectivity index (χ0v) is 8.32. The Balaban J connectivity index is 2.08. The van der Waals surface area contributed by atoms with Crippen molar-refractivity contribution >= 4 is 12.1 Å². The number of carbonyl (C=O) groups is 2. The van der Waals surface area contributed by atoms with Gasteiger partial charge in [0.2, 0.25) is 6.29 Å². The molecule has 0 bridgehead atoms. The average molecular weight is 202 g/mol. The zero-order chi connectivity index (χ0) is 10.6. The van der Waals surface area contributed by atoms with E-state index in [9.17, 15) is 9.59 Å². The van der Waals surface area contributed by atoms with Gasteiger partial charge in [-0.05, 0) is 18.8 Å². The van der Waals surface area contributed by atoms with Crippen LogP contribution in [0.1, 0.15) is 26.7 Å². The molecule has 1 rings (SSSR count). The molecule has 1 atom stereocenters. The van der Waals surface area contributed by atoms with Crippen LogP contribution in [0.3, 0.4) is 0 Å². The number of hydrogen-bond donors (Lipinski definition) is 0. The van der Waals surface area contributed by atoms with E-state index in [2.05, 4.69) is 9.47 Å². The predicted octanol–water partition coefficient (Wildman–Crippen LogP) is 1.46. The lowest BCUT2D eigenvalue weighted by atomic mass is 10.5. The monoisotopic (exact) mass is 202 g/mol. The van der Waals surface area contributed by atoms with E-state index in [0.29, 0.717) is 12.5 Å². The van der Waals surface area contributed by atoms with Gasteiger partial charge in [-0.15, -0.1) is 0 Å². The topological polar surface area (TPSA) is 61.8 Å². The standard InChI is InChI=1S/C9H14O5/c1-6(10)13-7(2)14-9(11)12-5-8-3-4-8/h7-8H,3-5H2,1-2H3/t7-/m1/s1. The molecule has 1 fully saturated rings. The Morgan fingerprint density at radius 3 is 2.50 bits per heavy atom. The second-order valence-corrected chi connectivity index (χ2v) is 3.30. The van der Waals surface area contributed by atoms with Crippen molar-refractivity contribution in [3.05, 3.63) is 0 Å². The van der Waals surface area contributed by atoms with Crippen molar-refractivity contribution in [1.82, 2.24) is 0 Å². The molecule has 1 saturated carbocycles. The van der Waals surface area contributed by atoms with Crippen molar-refractivity contribution in [3.8, 4) is 0 Å². The molecular weight excluding hydrogens is 188 g/mol. The number of ether oxygens (including phenoxy) is 3. The van der Waals surface area contributed by atoms with Gasteiger partial charge in [0.1, 0.15) is 0 Å². The lowest BCUT2D eigenvalue weighted by Crippen LogP contribution is -2.21. The van der Waals surface area contributed by atoms with E-state index < -0.39 is 18.4 Å². The SMILES string of the molecule is CC(=O)O[C@@H](C)OC(=O)OCC1CC1. The van der Waals surface area contributed by atoms with Crippen LogP contribution in [0.5, 0.6) is 0 Å². The first-order valence-corrected chi connectivity index (χ1v) is 4.58. The van der Waals surface area contributed by atoms with Crippen molar-refractivity contribution < 1.29 is 23.8 Å². The minimum absolute atomic E-state index is 0.394. The first-order valence-electron chi connectivity index (χ1n) is 4.58. The first-order chi connectivity index (χ1) is 6.58. The van der Waals surface area contributed by atoms with E-state index in [0.717, 1.165) is 12.8 Å². The van der Waals surface area contributed by atoms with E-state index in [1.807, 2.05) is 0 Å². The average Bonchev–Trinajstić information content (AvgIpc) is 2.81. The Bertz CT molecular complexity index is 221. The lowest BCUT2D eigenvalue weighted by Gasteiger charge is -2.12. The van der Waals surface area contributed by atoms with E-state index in [1.165, 1.54) is 13.8 Å². The van der Waals surface area contributed by atoms with Crippen LogP contribution in [0.25, 0.3) is 0 Å². The molecule has 0 aromatic rings. The van der Waals surface area contributed by atoms with E-state index in [1.54, 1.807) is 0 Å². The molecule has 5 nitrogen and oxygen atoms in total. The fourth-order valence-electron chi connectivity index (χ4n) is 0.898. The largest absolute Gasteiger partial charge is 0.511 e. The summed E-state index contributed by atoms with van der Waals surface area (Å²) in [7, 11) is 0. The van der Waals surface area contributed by atoms with Crippen LogP contribution in [0.15, 0.2) is 0 Å². The summed E-state index contributed by atoms with van der Waals surface area (Å²) < 4.78 is 14.0. The van der Waals surface area contributed by atoms with Crippen molar-refractivity contribution in [2.24, 2.45) is 5.92 Å². The fraction of sp³-hybridized carbons (Fsp3) is 0.778. The third kappa shape index (κ3) is 4.69. The van der Waals surface area contributed by atoms with Crippen molar-refractivity contribution in [2.45, 2.75) is 33.0 Å². The second kappa shape index (κ2) is 4.83. The molecule has 0 aromatic heterocycles. The highest BCUT2D eigenvalue weighted by atomic mass is 16.8. The molecule has 0 amide bonds. The molecular formula is C9H14O5. The third-order valence-corrected chi connectivity index (χ3v) is 1.73. The Morgan fingerprint density at radius 1 is 1.36 bits per heavy atom. The maximum absolute atomic E-state index is 10.9. The lowest BCUT2D eigenvalue weighted by molar-refractivity contribution is -0.165. The molecule has 0 aliphatic heterocycles. The quantitative estimate of drug-likeness (QED) is 0.510. The van der Waals surface area contributed by atoms with Gasteiger partial charge in [-0.2, -0.15) is 0 Å². The number of esters is 1. The van der Waals surface area contributed by atoms with Crippen LogP contribution in [0.4, 0.5) is 4.79 Å². The summed E-state index contributed by atoms with van der Waals surface area (Å²) in [6.07, 6.45) is 0.532. The highest BCUT2D eigenvalue weighted by Crippen LogP contribution is 2.28. The first kappa shape index (κ1) is 10.8. The smallest absolute Gasteiger partial charge is 0.434 e. The number of rotatable bonds is 4. The van der Waals surface area contributed by atoms with Crippen LogP contribution < -0.4 is 0 Å². The second-order valence-electron chi connectivity index (χ2n) is 3.30. The predicted molar refractivity (Wildman–Crippen MR) is 46.4 cm³/mol. The molecule has 0 spiro atoms. The van der Waals surface area contributed by atoms with Gasteiger partial charge in [0, 0.05) is 13.8 Å². The van der Waals surface area contributed by atoms with Crippen LogP contribution in [0.2, 0.25) is 0 Å². The number of carbonyl (C=O) groups excluding carboxylic acids is 2. The van der Waals surface area contributed by atoms with Gasteiger partial charge in [-0.3, -0.25) is 4.79 Å². The summed E-state index contributed by atoms with van der Waals surface area (Å²) in [6, 6.07) is 0. The van der Waals surface area contributed by atoms with Gasteiger partial charge in [0.25, 0.3) is 0 Å². The third-order valence-electron chi connectivity index (χ3n) is 1.73. The van der Waals surface area contributed by atoms with Gasteiger partial charge in [-0.25, -0.2) is 4.79 Å². The van der Waals surface area contributed by atoms with Crippen LogP contribution >= 0.6 is 0 Å². The van der Waals surface area contributed by atoms with Crippen LogP contribution in [-0.2, 0) is 19.0 Å². The Kier molecular flexibility index (Phi) is 3.73. The minimum Gasteiger partial charge on any atom is -0.434 e. The highest BCUT2D eigenvalue weighted by molar-refractivity contribution is 5.66. The maximum atomic E-state index is 10.9. The molecule has 80 valence electrons. The summed E-state index contributed by atoms with van der Waals surface area (Å²) in [6.45, 7) is 3.10. The van der Waals surface area contributed by atoms with Gasteiger partial charge in [-0.1, -0.05) is 0 Å². The van der Waals surface area contributed by atoms with Gasteiger partial charge >= 0.3 is 12.1 Å². The molecule has 14 heavy (non-hydrogen) atoms. The normalized spacial score (nSPS) is 17.0.